The van der Waals surface area contributed by atoms with Gasteiger partial charge in [-0.2, -0.15) is 0 Å². The minimum absolute atomic E-state index is 0.0418. The van der Waals surface area contributed by atoms with Gasteiger partial charge in [0, 0.05) is 24.5 Å². The van der Waals surface area contributed by atoms with E-state index in [0.717, 1.165) is 0 Å². The molecule has 0 aliphatic heterocycles. The SMILES string of the molecule is CC(C)(C)C(CNC(=O)c1ccncc1)CC(=O)O. The Hall–Kier alpha value is -1.91. The van der Waals surface area contributed by atoms with E-state index in [1.807, 2.05) is 20.8 Å². The van der Waals surface area contributed by atoms with Crippen molar-refractivity contribution in [1.29, 1.82) is 0 Å². The van der Waals surface area contributed by atoms with Crippen LogP contribution in [0, 0.1) is 11.3 Å². The zero-order valence-electron chi connectivity index (χ0n) is 11.5. The van der Waals surface area contributed by atoms with Crippen molar-refractivity contribution in [1.82, 2.24) is 10.3 Å². The fourth-order valence-corrected chi connectivity index (χ4v) is 1.72. The Morgan fingerprint density at radius 3 is 2.37 bits per heavy atom. The van der Waals surface area contributed by atoms with Crippen LogP contribution in [0.15, 0.2) is 24.5 Å². The largest absolute Gasteiger partial charge is 0.481 e. The van der Waals surface area contributed by atoms with Gasteiger partial charge < -0.3 is 10.4 Å². The van der Waals surface area contributed by atoms with Gasteiger partial charge in [0.2, 0.25) is 0 Å². The van der Waals surface area contributed by atoms with Gasteiger partial charge in [0.05, 0.1) is 6.42 Å². The summed E-state index contributed by atoms with van der Waals surface area (Å²) in [6, 6.07) is 3.25. The van der Waals surface area contributed by atoms with Gasteiger partial charge >= 0.3 is 5.97 Å². The second-order valence-corrected chi connectivity index (χ2v) is 5.61. The molecule has 5 heteroatoms. The fraction of sp³-hybridized carbons (Fsp3) is 0.500. The third kappa shape index (κ3) is 5.07. The molecule has 0 bridgehead atoms. The van der Waals surface area contributed by atoms with Gasteiger partial charge in [-0.25, -0.2) is 0 Å². The van der Waals surface area contributed by atoms with Crippen LogP contribution in [0.4, 0.5) is 0 Å². The van der Waals surface area contributed by atoms with Crippen molar-refractivity contribution in [2.24, 2.45) is 11.3 Å². The Labute approximate surface area is 113 Å². The Morgan fingerprint density at radius 2 is 1.89 bits per heavy atom. The first-order valence-electron chi connectivity index (χ1n) is 6.20. The van der Waals surface area contributed by atoms with Gasteiger partial charge in [0.15, 0.2) is 0 Å². The lowest BCUT2D eigenvalue weighted by molar-refractivity contribution is -0.139. The maximum Gasteiger partial charge on any atom is 0.303 e. The Kier molecular flexibility index (Phi) is 5.03. The molecule has 1 heterocycles. The first kappa shape index (κ1) is 15.1. The van der Waals surface area contributed by atoms with E-state index >= 15 is 0 Å². The molecule has 1 rings (SSSR count). The third-order valence-corrected chi connectivity index (χ3v) is 3.10. The molecular formula is C14H20N2O3. The molecule has 1 unspecified atom stereocenters. The molecule has 0 aliphatic rings. The van der Waals surface area contributed by atoms with Crippen LogP contribution in [0.2, 0.25) is 0 Å². The molecule has 0 aromatic carbocycles. The zero-order valence-corrected chi connectivity index (χ0v) is 11.5. The number of nitrogens with zero attached hydrogens (tertiary/aromatic N) is 1. The van der Waals surface area contributed by atoms with Crippen LogP contribution < -0.4 is 5.32 Å². The minimum atomic E-state index is -0.849. The first-order valence-corrected chi connectivity index (χ1v) is 6.20. The second kappa shape index (κ2) is 6.31. The molecule has 0 radical (unpaired) electrons. The number of aromatic nitrogens is 1. The van der Waals surface area contributed by atoms with Crippen LogP contribution in [0.25, 0.3) is 0 Å². The number of hydrogen-bond donors (Lipinski definition) is 2. The van der Waals surface area contributed by atoms with E-state index < -0.39 is 5.97 Å². The monoisotopic (exact) mass is 264 g/mol. The van der Waals surface area contributed by atoms with Crippen molar-refractivity contribution >= 4 is 11.9 Å². The second-order valence-electron chi connectivity index (χ2n) is 5.61. The molecule has 0 saturated carbocycles. The maximum atomic E-state index is 11.9. The summed E-state index contributed by atoms with van der Waals surface area (Å²) in [4.78, 5) is 26.6. The van der Waals surface area contributed by atoms with Gasteiger partial charge in [-0.05, 0) is 23.5 Å². The highest BCUT2D eigenvalue weighted by Gasteiger charge is 2.27. The van der Waals surface area contributed by atoms with Crippen LogP contribution in [0.1, 0.15) is 37.6 Å². The van der Waals surface area contributed by atoms with Crippen molar-refractivity contribution in [2.45, 2.75) is 27.2 Å². The number of hydrogen-bond acceptors (Lipinski definition) is 3. The normalized spacial score (nSPS) is 12.8. The highest BCUT2D eigenvalue weighted by atomic mass is 16.4. The summed E-state index contributed by atoms with van der Waals surface area (Å²) in [6.07, 6.45) is 3.14. The van der Waals surface area contributed by atoms with Crippen LogP contribution >= 0.6 is 0 Å². The highest BCUT2D eigenvalue weighted by molar-refractivity contribution is 5.93. The standard InChI is InChI=1S/C14H20N2O3/c1-14(2,3)11(8-12(17)18)9-16-13(19)10-4-6-15-7-5-10/h4-7,11H,8-9H2,1-3H3,(H,16,19)(H,17,18). The third-order valence-electron chi connectivity index (χ3n) is 3.10. The van der Waals surface area contributed by atoms with Crippen molar-refractivity contribution in [3.63, 3.8) is 0 Å². The Morgan fingerprint density at radius 1 is 1.32 bits per heavy atom. The number of pyridine rings is 1. The van der Waals surface area contributed by atoms with E-state index in [-0.39, 0.29) is 23.7 Å². The van der Waals surface area contributed by atoms with E-state index in [1.54, 1.807) is 24.5 Å². The number of nitrogens with one attached hydrogen (secondary N) is 1. The van der Waals surface area contributed by atoms with Crippen LogP contribution in [-0.4, -0.2) is 28.5 Å². The molecule has 0 saturated heterocycles. The fourth-order valence-electron chi connectivity index (χ4n) is 1.72. The predicted molar refractivity (Wildman–Crippen MR) is 71.8 cm³/mol. The summed E-state index contributed by atoms with van der Waals surface area (Å²) in [6.45, 7) is 6.26. The highest BCUT2D eigenvalue weighted by Crippen LogP contribution is 2.28. The molecule has 1 aromatic heterocycles. The number of carbonyl (C=O) groups excluding carboxylic acids is 1. The van der Waals surface area contributed by atoms with Gasteiger partial charge in [-0.1, -0.05) is 20.8 Å². The number of amides is 1. The van der Waals surface area contributed by atoms with Crippen molar-refractivity contribution in [2.75, 3.05) is 6.54 Å². The molecule has 2 N–H and O–H groups in total. The molecule has 1 atom stereocenters. The molecule has 0 fully saturated rings. The Bertz CT molecular complexity index is 438. The minimum Gasteiger partial charge on any atom is -0.481 e. The van der Waals surface area contributed by atoms with Gasteiger partial charge in [-0.15, -0.1) is 0 Å². The molecular weight excluding hydrogens is 244 g/mol. The molecule has 1 aromatic rings. The molecule has 19 heavy (non-hydrogen) atoms. The lowest BCUT2D eigenvalue weighted by atomic mass is 9.78. The van der Waals surface area contributed by atoms with E-state index in [9.17, 15) is 9.59 Å². The lowest BCUT2D eigenvalue weighted by Gasteiger charge is -2.29. The topological polar surface area (TPSA) is 79.3 Å². The maximum absolute atomic E-state index is 11.9. The van der Waals surface area contributed by atoms with Gasteiger partial charge in [-0.3, -0.25) is 14.6 Å². The van der Waals surface area contributed by atoms with E-state index in [1.165, 1.54) is 0 Å². The average molecular weight is 264 g/mol. The van der Waals surface area contributed by atoms with Crippen molar-refractivity contribution < 1.29 is 14.7 Å². The molecule has 1 amide bonds. The zero-order chi connectivity index (χ0) is 14.5. The molecule has 0 aliphatic carbocycles. The summed E-state index contributed by atoms with van der Waals surface area (Å²) in [5.41, 5.74) is 0.349. The Balaban J connectivity index is 2.62. The first-order chi connectivity index (χ1) is 8.80. The van der Waals surface area contributed by atoms with E-state index in [4.69, 9.17) is 5.11 Å². The number of carboxylic acid groups (broad SMARTS) is 1. The molecule has 0 spiro atoms. The number of rotatable bonds is 5. The van der Waals surface area contributed by atoms with Crippen molar-refractivity contribution in [3.05, 3.63) is 30.1 Å². The number of carbonyl (C=O) groups is 2. The average Bonchev–Trinajstić information content (AvgIpc) is 2.33. The quantitative estimate of drug-likeness (QED) is 0.852. The number of aliphatic carboxylic acids is 1. The van der Waals surface area contributed by atoms with Crippen LogP contribution in [0.5, 0.6) is 0 Å². The lowest BCUT2D eigenvalue weighted by Crippen LogP contribution is -2.36. The smallest absolute Gasteiger partial charge is 0.303 e. The van der Waals surface area contributed by atoms with Crippen LogP contribution in [-0.2, 0) is 4.79 Å². The van der Waals surface area contributed by atoms with Crippen molar-refractivity contribution in [3.8, 4) is 0 Å². The van der Waals surface area contributed by atoms with E-state index in [2.05, 4.69) is 10.3 Å². The van der Waals surface area contributed by atoms with Gasteiger partial charge in [0.25, 0.3) is 5.91 Å². The van der Waals surface area contributed by atoms with Gasteiger partial charge in [0.1, 0.15) is 0 Å². The summed E-state index contributed by atoms with van der Waals surface area (Å²) in [7, 11) is 0. The number of carboxylic acids is 1. The molecule has 5 nitrogen and oxygen atoms in total. The summed E-state index contributed by atoms with van der Waals surface area (Å²) in [5, 5.41) is 11.7. The summed E-state index contributed by atoms with van der Waals surface area (Å²) < 4.78 is 0. The van der Waals surface area contributed by atoms with E-state index in [0.29, 0.717) is 12.1 Å². The molecule has 104 valence electrons. The van der Waals surface area contributed by atoms with Crippen LogP contribution in [0.3, 0.4) is 0 Å². The predicted octanol–water partition coefficient (Wildman–Crippen LogP) is 1.95. The summed E-state index contributed by atoms with van der Waals surface area (Å²) >= 11 is 0. The summed E-state index contributed by atoms with van der Waals surface area (Å²) in [5.74, 6) is -1.17.